The maximum atomic E-state index is 12.5. The fraction of sp³-hybridized carbons (Fsp3) is 0.235. The zero-order valence-corrected chi connectivity index (χ0v) is 14.3. The van der Waals surface area contributed by atoms with E-state index in [-0.39, 0.29) is 17.9 Å². The second kappa shape index (κ2) is 7.14. The predicted molar refractivity (Wildman–Crippen MR) is 87.6 cm³/mol. The number of nitrogens with zero attached hydrogens (tertiary/aromatic N) is 3. The number of rotatable bonds is 5. The van der Waals surface area contributed by atoms with E-state index in [2.05, 4.69) is 14.7 Å². The molecule has 7 nitrogen and oxygen atoms in total. The van der Waals surface area contributed by atoms with E-state index in [9.17, 15) is 18.0 Å². The van der Waals surface area contributed by atoms with Crippen LogP contribution >= 0.6 is 0 Å². The van der Waals surface area contributed by atoms with Crippen molar-refractivity contribution in [2.75, 3.05) is 14.2 Å². The Morgan fingerprint density at radius 1 is 1.11 bits per heavy atom. The summed E-state index contributed by atoms with van der Waals surface area (Å²) < 4.78 is 53.6. The minimum absolute atomic E-state index is 0.124. The lowest BCUT2D eigenvalue weighted by atomic mass is 10.2. The number of methoxy groups -OCH3 is 2. The van der Waals surface area contributed by atoms with Gasteiger partial charge in [-0.05, 0) is 23.8 Å². The third-order valence-corrected chi connectivity index (χ3v) is 3.69. The molecule has 0 saturated carbocycles. The molecule has 0 amide bonds. The molecule has 142 valence electrons. The molecule has 2 heterocycles. The van der Waals surface area contributed by atoms with Gasteiger partial charge >= 0.3 is 12.1 Å². The fourth-order valence-electron chi connectivity index (χ4n) is 2.39. The molecule has 1 aromatic carbocycles. The normalized spacial score (nSPS) is 11.4. The number of benzene rings is 1. The van der Waals surface area contributed by atoms with Crippen LogP contribution in [-0.4, -0.2) is 28.9 Å². The summed E-state index contributed by atoms with van der Waals surface area (Å²) in [5.74, 6) is -0.638. The Hall–Kier alpha value is -3.30. The molecular formula is C17H14F3N3O4. The smallest absolute Gasteiger partial charge is 0.471 e. The van der Waals surface area contributed by atoms with Crippen molar-refractivity contribution in [1.82, 2.24) is 14.7 Å². The van der Waals surface area contributed by atoms with E-state index in [0.29, 0.717) is 11.5 Å². The van der Waals surface area contributed by atoms with Crippen molar-refractivity contribution < 1.29 is 27.2 Å². The minimum atomic E-state index is -4.74. The molecular weight excluding hydrogens is 367 g/mol. The second-order valence-corrected chi connectivity index (χ2v) is 5.52. The lowest BCUT2D eigenvalue weighted by Crippen LogP contribution is -2.19. The van der Waals surface area contributed by atoms with Gasteiger partial charge in [-0.2, -0.15) is 18.2 Å². The molecule has 0 atom stereocenters. The standard InChI is InChI=1S/C17H14F3N3O4/c1-25-12-5-10(6-13(8-12)26-2)9-23-4-3-11(7-14(23)24)15-21-16(27-22-15)17(18,19)20/h3-8H,9H2,1-2H3. The molecule has 27 heavy (non-hydrogen) atoms. The summed E-state index contributed by atoms with van der Waals surface area (Å²) in [6.07, 6.45) is -3.31. The van der Waals surface area contributed by atoms with Gasteiger partial charge in [-0.15, -0.1) is 0 Å². The summed E-state index contributed by atoms with van der Waals surface area (Å²) in [4.78, 5) is 15.6. The van der Waals surface area contributed by atoms with Gasteiger partial charge in [0.05, 0.1) is 20.8 Å². The molecule has 0 spiro atoms. The summed E-state index contributed by atoms with van der Waals surface area (Å²) >= 11 is 0. The van der Waals surface area contributed by atoms with Crippen molar-refractivity contribution in [3.63, 3.8) is 0 Å². The average molecular weight is 381 g/mol. The Labute approximate surface area is 151 Å². The first-order chi connectivity index (χ1) is 12.8. The number of alkyl halides is 3. The molecule has 0 aliphatic heterocycles. The Bertz CT molecular complexity index is 989. The number of hydrogen-bond donors (Lipinski definition) is 0. The largest absolute Gasteiger partial charge is 0.497 e. The summed E-state index contributed by atoms with van der Waals surface area (Å²) in [6.45, 7) is 0.215. The highest BCUT2D eigenvalue weighted by Crippen LogP contribution is 2.29. The Kier molecular flexibility index (Phi) is 4.89. The second-order valence-electron chi connectivity index (χ2n) is 5.52. The van der Waals surface area contributed by atoms with E-state index in [4.69, 9.17) is 9.47 Å². The van der Waals surface area contributed by atoms with Crippen molar-refractivity contribution in [1.29, 1.82) is 0 Å². The zero-order chi connectivity index (χ0) is 19.6. The molecule has 3 aromatic rings. The molecule has 2 aromatic heterocycles. The molecule has 3 rings (SSSR count). The van der Waals surface area contributed by atoms with Crippen LogP contribution in [0.15, 0.2) is 45.8 Å². The van der Waals surface area contributed by atoms with Crippen LogP contribution in [0, 0.1) is 0 Å². The summed E-state index contributed by atoms with van der Waals surface area (Å²) in [7, 11) is 3.03. The third-order valence-electron chi connectivity index (χ3n) is 3.69. The molecule has 10 heteroatoms. The maximum Gasteiger partial charge on any atom is 0.471 e. The Morgan fingerprint density at radius 2 is 1.78 bits per heavy atom. The summed E-state index contributed by atoms with van der Waals surface area (Å²) in [6, 6.07) is 7.77. The van der Waals surface area contributed by atoms with Gasteiger partial charge in [-0.1, -0.05) is 5.16 Å². The van der Waals surface area contributed by atoms with Crippen molar-refractivity contribution in [2.24, 2.45) is 0 Å². The molecule has 0 radical (unpaired) electrons. The topological polar surface area (TPSA) is 79.4 Å². The van der Waals surface area contributed by atoms with E-state index >= 15 is 0 Å². The Balaban J connectivity index is 1.88. The van der Waals surface area contributed by atoms with Gasteiger partial charge in [-0.3, -0.25) is 4.79 Å². The molecule has 0 fully saturated rings. The van der Waals surface area contributed by atoms with E-state index < -0.39 is 17.6 Å². The highest BCUT2D eigenvalue weighted by atomic mass is 19.4. The van der Waals surface area contributed by atoms with E-state index in [1.165, 1.54) is 31.0 Å². The highest BCUT2D eigenvalue weighted by Gasteiger charge is 2.38. The van der Waals surface area contributed by atoms with Crippen LogP contribution in [0.2, 0.25) is 0 Å². The van der Waals surface area contributed by atoms with Crippen LogP contribution in [0.25, 0.3) is 11.4 Å². The monoisotopic (exact) mass is 381 g/mol. The number of hydrogen-bond acceptors (Lipinski definition) is 6. The van der Waals surface area contributed by atoms with E-state index in [1.54, 1.807) is 18.2 Å². The number of ether oxygens (including phenoxy) is 2. The molecule has 0 aliphatic rings. The highest BCUT2D eigenvalue weighted by molar-refractivity contribution is 5.53. The van der Waals surface area contributed by atoms with Crippen molar-refractivity contribution >= 4 is 0 Å². The van der Waals surface area contributed by atoms with Crippen molar-refractivity contribution in [2.45, 2.75) is 12.7 Å². The van der Waals surface area contributed by atoms with Gasteiger partial charge in [0.1, 0.15) is 11.5 Å². The van der Waals surface area contributed by atoms with Crippen LogP contribution in [0.1, 0.15) is 11.5 Å². The van der Waals surface area contributed by atoms with Crippen molar-refractivity contribution in [3.05, 3.63) is 58.3 Å². The zero-order valence-electron chi connectivity index (χ0n) is 14.3. The van der Waals surface area contributed by atoms with Crippen LogP contribution < -0.4 is 15.0 Å². The summed E-state index contributed by atoms with van der Waals surface area (Å²) in [5, 5.41) is 3.27. The van der Waals surface area contributed by atoms with Crippen LogP contribution in [0.3, 0.4) is 0 Å². The van der Waals surface area contributed by atoms with Crippen molar-refractivity contribution in [3.8, 4) is 22.9 Å². The molecule has 0 aliphatic carbocycles. The van der Waals surface area contributed by atoms with Crippen LogP contribution in [0.4, 0.5) is 13.2 Å². The first-order valence-corrected chi connectivity index (χ1v) is 7.64. The van der Waals surface area contributed by atoms with E-state index in [0.717, 1.165) is 11.6 Å². The van der Waals surface area contributed by atoms with Crippen LogP contribution in [-0.2, 0) is 12.7 Å². The minimum Gasteiger partial charge on any atom is -0.497 e. The number of pyridine rings is 1. The van der Waals surface area contributed by atoms with Crippen LogP contribution in [0.5, 0.6) is 11.5 Å². The van der Waals surface area contributed by atoms with Gasteiger partial charge in [-0.25, -0.2) is 0 Å². The quantitative estimate of drug-likeness (QED) is 0.676. The molecule has 0 N–H and O–H groups in total. The lowest BCUT2D eigenvalue weighted by molar-refractivity contribution is -0.159. The van der Waals surface area contributed by atoms with Gasteiger partial charge in [0.25, 0.3) is 5.56 Å². The molecule has 0 saturated heterocycles. The van der Waals surface area contributed by atoms with Gasteiger partial charge in [0.2, 0.25) is 5.82 Å². The predicted octanol–water partition coefficient (Wildman–Crippen LogP) is 2.98. The van der Waals surface area contributed by atoms with Gasteiger partial charge < -0.3 is 18.6 Å². The molecule has 0 unspecified atom stereocenters. The molecule has 0 bridgehead atoms. The lowest BCUT2D eigenvalue weighted by Gasteiger charge is -2.10. The summed E-state index contributed by atoms with van der Waals surface area (Å²) in [5.41, 5.74) is 0.436. The maximum absolute atomic E-state index is 12.5. The third kappa shape index (κ3) is 4.10. The van der Waals surface area contributed by atoms with Gasteiger partial charge in [0, 0.05) is 23.9 Å². The Morgan fingerprint density at radius 3 is 2.30 bits per heavy atom. The SMILES string of the molecule is COc1cc(Cn2ccc(-c3noc(C(F)(F)F)n3)cc2=O)cc(OC)c1. The van der Waals surface area contributed by atoms with Gasteiger partial charge in [0.15, 0.2) is 0 Å². The first-order valence-electron chi connectivity index (χ1n) is 7.64. The number of aromatic nitrogens is 3. The fourth-order valence-corrected chi connectivity index (χ4v) is 2.39. The first kappa shape index (κ1) is 18.5. The van der Waals surface area contributed by atoms with E-state index in [1.807, 2.05) is 0 Å². The number of halogens is 3. The average Bonchev–Trinajstić information content (AvgIpc) is 3.13.